The van der Waals surface area contributed by atoms with Gasteiger partial charge in [-0.15, -0.1) is 11.8 Å². The average Bonchev–Trinajstić information content (AvgIpc) is 2.54. The lowest BCUT2D eigenvalue weighted by Gasteiger charge is -2.41. The summed E-state index contributed by atoms with van der Waals surface area (Å²) in [6.45, 7) is 6.16. The van der Waals surface area contributed by atoms with E-state index in [4.69, 9.17) is 0 Å². The Balaban J connectivity index is 2.28. The summed E-state index contributed by atoms with van der Waals surface area (Å²) in [5.41, 5.74) is -0.701. The van der Waals surface area contributed by atoms with Gasteiger partial charge in [0.05, 0.1) is 5.69 Å². The van der Waals surface area contributed by atoms with E-state index in [1.54, 1.807) is 18.3 Å². The van der Waals surface area contributed by atoms with E-state index in [0.717, 1.165) is 11.3 Å². The van der Waals surface area contributed by atoms with Crippen LogP contribution in [0, 0.1) is 11.2 Å². The first-order valence-corrected chi connectivity index (χ1v) is 8.40. The summed E-state index contributed by atoms with van der Waals surface area (Å²) in [5, 5.41) is 11.4. The highest BCUT2D eigenvalue weighted by atomic mass is 32.2. The minimum atomic E-state index is -1.05. The summed E-state index contributed by atoms with van der Waals surface area (Å²) in [7, 11) is 0. The van der Waals surface area contributed by atoms with Gasteiger partial charge in [-0.2, -0.15) is 0 Å². The van der Waals surface area contributed by atoms with E-state index in [1.165, 1.54) is 23.9 Å². The fourth-order valence-corrected chi connectivity index (χ4v) is 3.48. The Labute approximate surface area is 135 Å². The van der Waals surface area contributed by atoms with Crippen molar-refractivity contribution in [3.8, 4) is 0 Å². The highest BCUT2D eigenvalue weighted by Gasteiger charge is 2.44. The summed E-state index contributed by atoms with van der Waals surface area (Å²) in [6.07, 6.45) is 2.53. The van der Waals surface area contributed by atoms with Crippen LogP contribution in [0.2, 0.25) is 0 Å². The van der Waals surface area contributed by atoms with Crippen LogP contribution in [0.1, 0.15) is 32.9 Å². The number of nitrogens with zero attached hydrogens (tertiary/aromatic N) is 1. The van der Waals surface area contributed by atoms with E-state index < -0.39 is 5.60 Å². The fraction of sp³-hybridized carbons (Fsp3) is 0.389. The summed E-state index contributed by atoms with van der Waals surface area (Å²) >= 11 is 1.52. The second-order valence-electron chi connectivity index (χ2n) is 6.06. The molecule has 1 N–H and O–H groups in total. The van der Waals surface area contributed by atoms with E-state index >= 15 is 0 Å². The molecule has 0 spiro atoms. The maximum atomic E-state index is 13.0. The van der Waals surface area contributed by atoms with Crippen molar-refractivity contribution in [3.05, 3.63) is 60.2 Å². The summed E-state index contributed by atoms with van der Waals surface area (Å²) < 4.78 is 13.0. The number of thioether (sulfide) groups is 1. The van der Waals surface area contributed by atoms with E-state index in [-0.39, 0.29) is 11.2 Å². The maximum absolute atomic E-state index is 13.0. The Morgan fingerprint density at radius 3 is 2.36 bits per heavy atom. The second-order valence-corrected chi connectivity index (χ2v) is 7.10. The Bertz CT molecular complexity index is 600. The molecule has 4 heteroatoms. The molecular formula is C18H22FNOS. The standard InChI is InChI=1S/C18H22FNOS/c1-4-17(2,3)18(21,16-7-5-6-12-20-16)13-22-15-10-8-14(19)9-11-15/h5-12,21H,4,13H2,1-3H3. The minimum Gasteiger partial charge on any atom is -0.382 e. The first-order valence-electron chi connectivity index (χ1n) is 7.41. The molecule has 0 aliphatic rings. The van der Waals surface area contributed by atoms with Crippen LogP contribution in [0.5, 0.6) is 0 Å². The van der Waals surface area contributed by atoms with E-state index in [1.807, 2.05) is 32.0 Å². The molecule has 0 aliphatic heterocycles. The van der Waals surface area contributed by atoms with Gasteiger partial charge in [0.25, 0.3) is 0 Å². The molecule has 118 valence electrons. The van der Waals surface area contributed by atoms with Crippen LogP contribution in [0.4, 0.5) is 4.39 Å². The van der Waals surface area contributed by atoms with Crippen molar-refractivity contribution in [1.82, 2.24) is 4.98 Å². The number of pyridine rings is 1. The number of aromatic nitrogens is 1. The molecule has 0 fully saturated rings. The molecule has 1 unspecified atom stereocenters. The third-order valence-electron chi connectivity index (χ3n) is 4.35. The molecule has 0 bridgehead atoms. The van der Waals surface area contributed by atoms with Gasteiger partial charge >= 0.3 is 0 Å². The van der Waals surface area contributed by atoms with Gasteiger partial charge in [0.15, 0.2) is 0 Å². The molecule has 0 saturated carbocycles. The summed E-state index contributed by atoms with van der Waals surface area (Å²) in [5.74, 6) is 0.217. The lowest BCUT2D eigenvalue weighted by atomic mass is 9.72. The molecule has 0 radical (unpaired) electrons. The Morgan fingerprint density at radius 1 is 1.14 bits per heavy atom. The number of hydrogen-bond acceptors (Lipinski definition) is 3. The minimum absolute atomic E-state index is 0.252. The Hall–Kier alpha value is -1.39. The number of hydrogen-bond donors (Lipinski definition) is 1. The SMILES string of the molecule is CCC(C)(C)C(O)(CSc1ccc(F)cc1)c1ccccn1. The van der Waals surface area contributed by atoms with Crippen LogP contribution in [0.3, 0.4) is 0 Å². The van der Waals surface area contributed by atoms with Crippen molar-refractivity contribution in [1.29, 1.82) is 0 Å². The summed E-state index contributed by atoms with van der Waals surface area (Å²) in [4.78, 5) is 5.30. The van der Waals surface area contributed by atoms with Gasteiger partial charge in [-0.25, -0.2) is 4.39 Å². The number of benzene rings is 1. The van der Waals surface area contributed by atoms with Crippen molar-refractivity contribution in [3.63, 3.8) is 0 Å². The zero-order valence-electron chi connectivity index (χ0n) is 13.2. The Morgan fingerprint density at radius 2 is 1.82 bits per heavy atom. The number of rotatable bonds is 6. The molecule has 1 heterocycles. The van der Waals surface area contributed by atoms with Crippen LogP contribution in [-0.2, 0) is 5.60 Å². The van der Waals surface area contributed by atoms with Gasteiger partial charge < -0.3 is 5.11 Å². The highest BCUT2D eigenvalue weighted by Crippen LogP contribution is 2.44. The molecule has 0 amide bonds. The molecule has 0 saturated heterocycles. The third kappa shape index (κ3) is 3.50. The normalized spacial score (nSPS) is 14.6. The third-order valence-corrected chi connectivity index (χ3v) is 5.52. The predicted octanol–water partition coefficient (Wildman–Crippen LogP) is 4.64. The summed E-state index contributed by atoms with van der Waals surface area (Å²) in [6, 6.07) is 11.9. The van der Waals surface area contributed by atoms with E-state index in [2.05, 4.69) is 11.9 Å². The van der Waals surface area contributed by atoms with Gasteiger partial charge in [0.1, 0.15) is 11.4 Å². The lowest BCUT2D eigenvalue weighted by Crippen LogP contribution is -2.44. The molecular weight excluding hydrogens is 297 g/mol. The molecule has 2 aromatic rings. The van der Waals surface area contributed by atoms with Gasteiger partial charge in [0.2, 0.25) is 0 Å². The average molecular weight is 319 g/mol. The largest absolute Gasteiger partial charge is 0.382 e. The molecule has 2 nitrogen and oxygen atoms in total. The van der Waals surface area contributed by atoms with Crippen molar-refractivity contribution < 1.29 is 9.50 Å². The van der Waals surface area contributed by atoms with Crippen molar-refractivity contribution in [2.45, 2.75) is 37.7 Å². The van der Waals surface area contributed by atoms with Crippen molar-refractivity contribution >= 4 is 11.8 Å². The molecule has 0 aliphatic carbocycles. The predicted molar refractivity (Wildman–Crippen MR) is 89.3 cm³/mol. The smallest absolute Gasteiger partial charge is 0.123 e. The van der Waals surface area contributed by atoms with Crippen LogP contribution in [-0.4, -0.2) is 15.8 Å². The van der Waals surface area contributed by atoms with E-state index in [0.29, 0.717) is 11.4 Å². The fourth-order valence-electron chi connectivity index (χ4n) is 2.23. The first kappa shape index (κ1) is 17.0. The monoisotopic (exact) mass is 319 g/mol. The van der Waals surface area contributed by atoms with Gasteiger partial charge in [-0.05, 0) is 48.2 Å². The zero-order chi connectivity index (χ0) is 16.2. The molecule has 22 heavy (non-hydrogen) atoms. The second kappa shape index (κ2) is 6.80. The highest BCUT2D eigenvalue weighted by molar-refractivity contribution is 7.99. The topological polar surface area (TPSA) is 33.1 Å². The molecule has 1 aromatic carbocycles. The van der Waals surface area contributed by atoms with Crippen molar-refractivity contribution in [2.75, 3.05) is 5.75 Å². The van der Waals surface area contributed by atoms with Crippen molar-refractivity contribution in [2.24, 2.45) is 5.41 Å². The van der Waals surface area contributed by atoms with Crippen LogP contribution in [0.15, 0.2) is 53.6 Å². The van der Waals surface area contributed by atoms with Crippen LogP contribution < -0.4 is 0 Å². The van der Waals surface area contributed by atoms with Gasteiger partial charge in [0, 0.05) is 16.8 Å². The van der Waals surface area contributed by atoms with E-state index in [9.17, 15) is 9.50 Å². The number of aliphatic hydroxyl groups is 1. The van der Waals surface area contributed by atoms with Crippen LogP contribution >= 0.6 is 11.8 Å². The zero-order valence-corrected chi connectivity index (χ0v) is 14.0. The maximum Gasteiger partial charge on any atom is 0.123 e. The molecule has 1 aromatic heterocycles. The first-order chi connectivity index (χ1) is 10.4. The number of halogens is 1. The lowest BCUT2D eigenvalue weighted by molar-refractivity contribution is -0.0582. The van der Waals surface area contributed by atoms with Gasteiger partial charge in [-0.1, -0.05) is 26.8 Å². The molecule has 1 atom stereocenters. The molecule has 2 rings (SSSR count). The Kier molecular flexibility index (Phi) is 5.24. The van der Waals surface area contributed by atoms with Crippen LogP contribution in [0.25, 0.3) is 0 Å². The van der Waals surface area contributed by atoms with Gasteiger partial charge in [-0.3, -0.25) is 4.98 Å². The quantitative estimate of drug-likeness (QED) is 0.788.